The highest BCUT2D eigenvalue weighted by Gasteiger charge is 2.64. The number of nitrogens with one attached hydrogen (secondary N) is 1. The van der Waals surface area contributed by atoms with E-state index in [1.54, 1.807) is 0 Å². The molecule has 5 atom stereocenters. The molecule has 1 aliphatic heterocycles. The lowest BCUT2D eigenvalue weighted by atomic mass is 9.80. The molecule has 138 valence electrons. The Hall–Kier alpha value is -1.89. The van der Waals surface area contributed by atoms with Gasteiger partial charge in [-0.15, -0.1) is 0 Å². The number of hydrogen-bond acceptors (Lipinski definition) is 5. The summed E-state index contributed by atoms with van der Waals surface area (Å²) in [5.74, 6) is -1.70. The van der Waals surface area contributed by atoms with Crippen molar-refractivity contribution in [2.75, 3.05) is 11.9 Å². The number of carbonyl (C=O) groups is 3. The van der Waals surface area contributed by atoms with Crippen molar-refractivity contribution in [2.45, 2.75) is 32.8 Å². The van der Waals surface area contributed by atoms with E-state index in [4.69, 9.17) is 9.47 Å². The molecule has 7 heteroatoms. The molecule has 4 rings (SSSR count). The first-order valence-corrected chi connectivity index (χ1v) is 9.58. The molecule has 26 heavy (non-hydrogen) atoms. The van der Waals surface area contributed by atoms with Crippen LogP contribution in [0.2, 0.25) is 0 Å². The number of benzene rings is 1. The maximum absolute atomic E-state index is 12.5. The van der Waals surface area contributed by atoms with Crippen LogP contribution < -0.4 is 5.32 Å². The van der Waals surface area contributed by atoms with Crippen LogP contribution in [0.3, 0.4) is 0 Å². The number of aryl methyl sites for hydroxylation is 2. The van der Waals surface area contributed by atoms with Gasteiger partial charge in [-0.25, -0.2) is 0 Å². The number of rotatable bonds is 4. The van der Waals surface area contributed by atoms with Crippen molar-refractivity contribution in [1.82, 2.24) is 0 Å². The second-order valence-electron chi connectivity index (χ2n) is 7.49. The summed E-state index contributed by atoms with van der Waals surface area (Å²) in [7, 11) is 0. The first-order chi connectivity index (χ1) is 12.3. The number of hydrogen-bond donors (Lipinski definition) is 1. The maximum Gasteiger partial charge on any atom is 0.310 e. The third-order valence-electron chi connectivity index (χ3n) is 5.88. The topological polar surface area (TPSA) is 81.7 Å². The summed E-state index contributed by atoms with van der Waals surface area (Å²) in [4.78, 5) is 36.6. The number of esters is 2. The second kappa shape index (κ2) is 6.37. The molecule has 3 fully saturated rings. The van der Waals surface area contributed by atoms with Crippen molar-refractivity contribution in [3.05, 3.63) is 27.7 Å². The molecule has 1 aromatic carbocycles. The Morgan fingerprint density at radius 1 is 1.27 bits per heavy atom. The molecule has 0 radical (unpaired) electrons. The van der Waals surface area contributed by atoms with Gasteiger partial charge in [0.2, 0.25) is 0 Å². The van der Waals surface area contributed by atoms with Crippen molar-refractivity contribution in [1.29, 1.82) is 0 Å². The number of anilines is 1. The first kappa shape index (κ1) is 17.5. The van der Waals surface area contributed by atoms with Gasteiger partial charge in [-0.05, 0) is 55.9 Å². The van der Waals surface area contributed by atoms with E-state index in [1.807, 2.05) is 26.0 Å². The van der Waals surface area contributed by atoms with E-state index < -0.39 is 17.8 Å². The quantitative estimate of drug-likeness (QED) is 0.755. The minimum absolute atomic E-state index is 0.0199. The van der Waals surface area contributed by atoms with Gasteiger partial charge >= 0.3 is 11.9 Å². The van der Waals surface area contributed by atoms with E-state index >= 15 is 0 Å². The predicted molar refractivity (Wildman–Crippen MR) is 96.3 cm³/mol. The Morgan fingerprint density at radius 2 is 2.04 bits per heavy atom. The Bertz CT molecular complexity index is 805. The predicted octanol–water partition coefficient (Wildman–Crippen LogP) is 2.75. The molecular weight excluding hydrogens is 402 g/mol. The molecule has 0 aromatic heterocycles. The molecule has 0 unspecified atom stereocenters. The van der Waals surface area contributed by atoms with Crippen molar-refractivity contribution in [2.24, 2.45) is 23.7 Å². The number of fused-ring (bicyclic) bond motifs is 1. The van der Waals surface area contributed by atoms with E-state index in [9.17, 15) is 14.4 Å². The van der Waals surface area contributed by atoms with Crippen molar-refractivity contribution in [3.63, 3.8) is 0 Å². The molecule has 2 bridgehead atoms. The maximum atomic E-state index is 12.5. The molecule has 1 amide bonds. The van der Waals surface area contributed by atoms with Crippen LogP contribution in [0.5, 0.6) is 0 Å². The average molecular weight is 422 g/mol. The summed E-state index contributed by atoms with van der Waals surface area (Å²) in [6.07, 6.45) is 1.55. The number of ether oxygens (including phenoxy) is 2. The Kier molecular flexibility index (Phi) is 4.29. The fraction of sp³-hybridized carbons (Fsp3) is 0.526. The molecule has 0 spiro atoms. The molecule has 6 nitrogen and oxygen atoms in total. The lowest BCUT2D eigenvalue weighted by Gasteiger charge is -2.22. The monoisotopic (exact) mass is 421 g/mol. The molecule has 1 N–H and O–H groups in total. The summed E-state index contributed by atoms with van der Waals surface area (Å²) >= 11 is 3.45. The molecule has 1 saturated heterocycles. The Balaban J connectivity index is 1.36. The van der Waals surface area contributed by atoms with Crippen molar-refractivity contribution in [3.8, 4) is 0 Å². The highest BCUT2D eigenvalue weighted by Crippen LogP contribution is 2.57. The lowest BCUT2D eigenvalue weighted by Crippen LogP contribution is -2.35. The van der Waals surface area contributed by atoms with Crippen LogP contribution in [0.25, 0.3) is 0 Å². The third-order valence-corrected chi connectivity index (χ3v) is 6.73. The lowest BCUT2D eigenvalue weighted by molar-refractivity contribution is -0.157. The fourth-order valence-corrected chi connectivity index (χ4v) is 5.12. The number of carbonyl (C=O) groups excluding carboxylic acids is 3. The highest BCUT2D eigenvalue weighted by molar-refractivity contribution is 9.10. The highest BCUT2D eigenvalue weighted by atomic mass is 79.9. The van der Waals surface area contributed by atoms with Crippen molar-refractivity contribution < 1.29 is 23.9 Å². The minimum atomic E-state index is -0.462. The Labute approximate surface area is 159 Å². The van der Waals surface area contributed by atoms with Gasteiger partial charge in [0.05, 0.1) is 11.8 Å². The zero-order chi connectivity index (χ0) is 18.6. The zero-order valence-corrected chi connectivity index (χ0v) is 16.2. The standard InChI is InChI=1S/C19H20BrNO5/c1-8-4-13(9(2)3-12(8)20)21-15(22)7-25-18(23)16-10-5-11-14(6-10)26-19(24)17(11)16/h3-4,10-11,14,16-17H,5-7H2,1-2H3,(H,21,22)/t10-,11+,14-,16-,17+/m1/s1. The number of halogens is 1. The summed E-state index contributed by atoms with van der Waals surface area (Å²) in [6.45, 7) is 3.47. The van der Waals surface area contributed by atoms with E-state index in [2.05, 4.69) is 21.2 Å². The van der Waals surface area contributed by atoms with Crippen LogP contribution in [0.15, 0.2) is 16.6 Å². The van der Waals surface area contributed by atoms with Gasteiger partial charge < -0.3 is 14.8 Å². The van der Waals surface area contributed by atoms with Crippen LogP contribution >= 0.6 is 15.9 Å². The normalized spacial score (nSPS) is 31.0. The van der Waals surface area contributed by atoms with Gasteiger partial charge in [0, 0.05) is 16.1 Å². The van der Waals surface area contributed by atoms with Gasteiger partial charge in [-0.3, -0.25) is 14.4 Å². The fourth-order valence-electron chi connectivity index (χ4n) is 4.66. The molecule has 3 aliphatic rings. The van der Waals surface area contributed by atoms with Gasteiger partial charge in [-0.2, -0.15) is 0 Å². The average Bonchev–Trinajstić information content (AvgIpc) is 3.19. The summed E-state index contributed by atoms with van der Waals surface area (Å²) in [5, 5.41) is 2.77. The van der Waals surface area contributed by atoms with Crippen LogP contribution in [0, 0.1) is 37.5 Å². The smallest absolute Gasteiger partial charge is 0.310 e. The summed E-state index contributed by atoms with van der Waals surface area (Å²) in [6, 6.07) is 3.79. The molecule has 1 heterocycles. The first-order valence-electron chi connectivity index (χ1n) is 8.79. The molecule has 2 saturated carbocycles. The second-order valence-corrected chi connectivity index (χ2v) is 8.35. The SMILES string of the molecule is Cc1cc(NC(=O)COC(=O)[C@@H]2[C@@H]3C[C@@H]4[C@@H]2C(=O)O[C@@H]4C3)c(C)cc1Br. The Morgan fingerprint density at radius 3 is 2.81 bits per heavy atom. The van der Waals surface area contributed by atoms with Gasteiger partial charge in [0.1, 0.15) is 6.10 Å². The minimum Gasteiger partial charge on any atom is -0.462 e. The summed E-state index contributed by atoms with van der Waals surface area (Å²) in [5.41, 5.74) is 2.60. The van der Waals surface area contributed by atoms with Gasteiger partial charge in [0.25, 0.3) is 5.91 Å². The van der Waals surface area contributed by atoms with Gasteiger partial charge in [-0.1, -0.05) is 15.9 Å². The summed E-state index contributed by atoms with van der Waals surface area (Å²) < 4.78 is 11.5. The van der Waals surface area contributed by atoms with E-state index in [0.717, 1.165) is 28.4 Å². The molecule has 2 aliphatic carbocycles. The van der Waals surface area contributed by atoms with E-state index in [1.165, 1.54) is 0 Å². The van der Waals surface area contributed by atoms with Crippen LogP contribution in [0.4, 0.5) is 5.69 Å². The molecule has 1 aromatic rings. The van der Waals surface area contributed by atoms with E-state index in [0.29, 0.717) is 5.69 Å². The van der Waals surface area contributed by atoms with Crippen molar-refractivity contribution >= 4 is 39.5 Å². The van der Waals surface area contributed by atoms with Crippen LogP contribution in [-0.2, 0) is 23.9 Å². The number of amides is 1. The largest absolute Gasteiger partial charge is 0.462 e. The van der Waals surface area contributed by atoms with E-state index in [-0.39, 0.29) is 36.4 Å². The van der Waals surface area contributed by atoms with Crippen LogP contribution in [-0.4, -0.2) is 30.6 Å². The third kappa shape index (κ3) is 2.82. The van der Waals surface area contributed by atoms with Gasteiger partial charge in [0.15, 0.2) is 6.61 Å². The molecular formula is C19H20BrNO5. The van der Waals surface area contributed by atoms with Crippen LogP contribution in [0.1, 0.15) is 24.0 Å². The zero-order valence-electron chi connectivity index (χ0n) is 14.6.